The second kappa shape index (κ2) is 28.6. The lowest BCUT2D eigenvalue weighted by Gasteiger charge is -2.28. The van der Waals surface area contributed by atoms with Crippen LogP contribution >= 0.6 is 0 Å². The lowest BCUT2D eigenvalue weighted by molar-refractivity contribution is 1.13. The van der Waals surface area contributed by atoms with Gasteiger partial charge < -0.3 is 0 Å². The molecule has 0 amide bonds. The van der Waals surface area contributed by atoms with Crippen LogP contribution in [0.15, 0.2) is 260 Å². The third kappa shape index (κ3) is 11.9. The largest absolute Gasteiger partial charge is 0.261 e. The molecule has 18 rings (SSSR count). The molecule has 0 saturated heterocycles. The van der Waals surface area contributed by atoms with Gasteiger partial charge in [0, 0.05) is 240 Å². The van der Waals surface area contributed by atoms with Crippen molar-refractivity contribution in [3.8, 4) is 192 Å². The predicted octanol–water partition coefficient (Wildman–Crippen LogP) is 10.7. The van der Waals surface area contributed by atoms with E-state index in [0.29, 0.717) is 113 Å². The first kappa shape index (κ1) is 63.9. The third-order valence-electron chi connectivity index (χ3n) is 16.9. The van der Waals surface area contributed by atoms with E-state index in [0.717, 1.165) is 0 Å². The first-order chi connectivity index (χ1) is 53.7. The van der Waals surface area contributed by atoms with E-state index in [2.05, 4.69) is 29.9 Å². The third-order valence-corrected chi connectivity index (χ3v) is 16.9. The van der Waals surface area contributed by atoms with Gasteiger partial charge in [0.15, 0.2) is 0 Å². The van der Waals surface area contributed by atoms with E-state index < -0.39 is 0 Å². The van der Waals surface area contributed by atoms with Crippen molar-refractivity contribution in [2.45, 2.75) is 0 Å². The molecule has 0 saturated carbocycles. The number of nitrogens with zero attached hydrogens (tertiary/aromatic N) is 32. The fourth-order valence-corrected chi connectivity index (χ4v) is 12.7. The highest BCUT2D eigenvalue weighted by atomic mass is 15.0. The van der Waals surface area contributed by atoms with E-state index in [1.807, 2.05) is 0 Å². The summed E-state index contributed by atoms with van der Waals surface area (Å²) < 4.78 is 0. The van der Waals surface area contributed by atoms with Crippen LogP contribution in [-0.4, -0.2) is 159 Å². The summed E-state index contributed by atoms with van der Waals surface area (Å²) in [7, 11) is 0. The lowest BCUT2D eigenvalue weighted by Crippen LogP contribution is -2.11. The van der Waals surface area contributed by atoms with Crippen LogP contribution in [0.1, 0.15) is 0 Å². The maximum Gasteiger partial charge on any atom is 0.108 e. The van der Waals surface area contributed by atoms with Gasteiger partial charge in [-0.25, -0.2) is 19.9 Å². The Morgan fingerprint density at radius 2 is 0.222 bits per heavy atom. The van der Waals surface area contributed by atoms with Crippen molar-refractivity contribution in [3.05, 3.63) is 260 Å². The van der Waals surface area contributed by atoms with Gasteiger partial charge in [0.05, 0.1) is 155 Å². The van der Waals surface area contributed by atoms with Crippen molar-refractivity contribution in [3.63, 3.8) is 0 Å². The van der Waals surface area contributed by atoms with Gasteiger partial charge in [-0.15, -0.1) is 0 Å². The minimum Gasteiger partial charge on any atom is -0.261 e. The Hall–Kier alpha value is -16.3. The van der Waals surface area contributed by atoms with Crippen LogP contribution in [0.4, 0.5) is 0 Å². The van der Waals surface area contributed by atoms with E-state index in [1.165, 1.54) is 0 Å². The molecule has 0 aliphatic rings. The van der Waals surface area contributed by atoms with Crippen LogP contribution in [0.25, 0.3) is 192 Å². The second-order valence-electron chi connectivity index (χ2n) is 23.0. The molecule has 18 aromatic heterocycles. The number of pyridine rings is 4. The molecule has 0 radical (unpaired) electrons. The number of hydrogen-bond donors (Lipinski definition) is 0. The van der Waals surface area contributed by atoms with E-state index in [9.17, 15) is 0 Å². The average molecular weight is 1400 g/mol. The number of rotatable bonds is 17. The summed E-state index contributed by atoms with van der Waals surface area (Å²) in [4.78, 5) is 160. The summed E-state index contributed by atoms with van der Waals surface area (Å²) in [5.74, 6) is 0. The van der Waals surface area contributed by atoms with Gasteiger partial charge >= 0.3 is 0 Å². The predicted molar refractivity (Wildman–Crippen MR) is 388 cm³/mol. The topological polar surface area (TPSA) is 412 Å². The summed E-state index contributed by atoms with van der Waals surface area (Å²) in [5.41, 5.74) is 9.84. The van der Waals surface area contributed by atoms with Gasteiger partial charge in [0.25, 0.3) is 0 Å². The van der Waals surface area contributed by atoms with Crippen molar-refractivity contribution >= 4 is 0 Å². The highest BCUT2D eigenvalue weighted by Gasteiger charge is 2.40. The smallest absolute Gasteiger partial charge is 0.108 e. The van der Waals surface area contributed by atoms with Crippen molar-refractivity contribution in [2.75, 3.05) is 0 Å². The zero-order valence-electron chi connectivity index (χ0n) is 55.6. The van der Waals surface area contributed by atoms with E-state index in [4.69, 9.17) is 130 Å². The Morgan fingerprint density at radius 1 is 0.102 bits per heavy atom. The molecule has 32 heteroatoms. The molecular formula is C76H42N32. The number of aromatic nitrogens is 32. The summed E-state index contributed by atoms with van der Waals surface area (Å²) >= 11 is 0. The normalized spacial score (nSPS) is 11.1. The highest BCUT2D eigenvalue weighted by molar-refractivity contribution is 6.15. The standard InChI is InChI=1S/C76H42N32/c1-15-91-43(29-77-1)57-61(47-33-81-5-19-95-47)69(51-37-85-9-23-99-51)105-71(53-39-87-11-25-101-53)65(57)67-59(45-31-79-3-17-93-45)63(49-35-83-7-21-97-49)75(107-73(67)55-41-89-13-27-103-55)76-64(50-36-84-8-22-98-50)60(46-32-80-4-18-94-46)68(74(108-76)56-42-90-14-28-104-56)66-58(44-30-78-2-16-92-44)62(48-34-82-6-20-96-48)70(52-38-86-10-24-100-52)106-72(66)54-40-88-12-26-102-54/h1-42H. The quantitative estimate of drug-likeness (QED) is 0.0817. The van der Waals surface area contributed by atoms with Crippen LogP contribution in [-0.2, 0) is 0 Å². The summed E-state index contributed by atoms with van der Waals surface area (Å²) in [6.07, 6.45) is 66.6. The molecule has 0 atom stereocenters. The maximum absolute atomic E-state index is 6.06. The van der Waals surface area contributed by atoms with Crippen LogP contribution in [0.5, 0.6) is 0 Å². The Balaban J connectivity index is 1.11. The Bertz CT molecular complexity index is 5850. The average Bonchev–Trinajstić information content (AvgIpc) is 0.706. The van der Waals surface area contributed by atoms with Crippen LogP contribution in [0.2, 0.25) is 0 Å². The van der Waals surface area contributed by atoms with Crippen molar-refractivity contribution < 1.29 is 0 Å². The first-order valence-corrected chi connectivity index (χ1v) is 32.7. The molecule has 108 heavy (non-hydrogen) atoms. The van der Waals surface area contributed by atoms with Gasteiger partial charge in [-0.3, -0.25) is 140 Å². The fraction of sp³-hybridized carbons (Fsp3) is 0. The molecular weight excluding hydrogens is 1360 g/mol. The monoisotopic (exact) mass is 1400 g/mol. The molecule has 0 unspecified atom stereocenters. The molecule has 0 N–H and O–H groups in total. The minimum atomic E-state index is 0.114. The van der Waals surface area contributed by atoms with Crippen molar-refractivity contribution in [2.24, 2.45) is 0 Å². The van der Waals surface area contributed by atoms with Crippen molar-refractivity contribution in [1.82, 2.24) is 159 Å². The van der Waals surface area contributed by atoms with Crippen LogP contribution in [0, 0.1) is 0 Å². The fourth-order valence-electron chi connectivity index (χ4n) is 12.7. The van der Waals surface area contributed by atoms with Gasteiger partial charge in [-0.1, -0.05) is 0 Å². The van der Waals surface area contributed by atoms with Crippen LogP contribution in [0.3, 0.4) is 0 Å². The van der Waals surface area contributed by atoms with E-state index in [-0.39, 0.29) is 79.5 Å². The van der Waals surface area contributed by atoms with E-state index in [1.54, 1.807) is 260 Å². The Labute approximate surface area is 608 Å². The first-order valence-electron chi connectivity index (χ1n) is 32.7. The molecule has 18 heterocycles. The molecule has 0 aliphatic carbocycles. The molecule has 32 nitrogen and oxygen atoms in total. The van der Waals surface area contributed by atoms with Gasteiger partial charge in [0.1, 0.15) is 56.9 Å². The van der Waals surface area contributed by atoms with Gasteiger partial charge in [0.2, 0.25) is 0 Å². The highest BCUT2D eigenvalue weighted by Crippen LogP contribution is 2.58. The molecule has 0 bridgehead atoms. The summed E-state index contributed by atoms with van der Waals surface area (Å²) in [5, 5.41) is 0. The van der Waals surface area contributed by atoms with E-state index >= 15 is 0 Å². The minimum absolute atomic E-state index is 0.114. The summed E-state index contributed by atoms with van der Waals surface area (Å²) in [6.45, 7) is 0. The molecule has 0 spiro atoms. The Morgan fingerprint density at radius 3 is 0.370 bits per heavy atom. The Kier molecular flexibility index (Phi) is 16.9. The van der Waals surface area contributed by atoms with Crippen LogP contribution < -0.4 is 0 Å². The summed E-state index contributed by atoms with van der Waals surface area (Å²) in [6, 6.07) is 0. The number of hydrogen-bond acceptors (Lipinski definition) is 32. The second-order valence-corrected chi connectivity index (χ2v) is 23.0. The molecule has 0 aromatic carbocycles. The maximum atomic E-state index is 6.06. The zero-order valence-corrected chi connectivity index (χ0v) is 55.6. The van der Waals surface area contributed by atoms with Gasteiger partial charge in [-0.05, 0) is 0 Å². The van der Waals surface area contributed by atoms with Gasteiger partial charge in [-0.2, -0.15) is 0 Å². The lowest BCUT2D eigenvalue weighted by atomic mass is 9.80. The molecule has 506 valence electrons. The zero-order chi connectivity index (χ0) is 72.0. The van der Waals surface area contributed by atoms with Crippen molar-refractivity contribution in [1.29, 1.82) is 0 Å². The molecule has 0 fully saturated rings. The SMILES string of the molecule is c1cnc(-c2nc(-c3cnccn3)c(-c3c(-c4cnccn4)nc(-c4nc(-c5cnccn5)c(-c5c(-c6cnccn6)nc(-c6cnccn6)c(-c6cnccn6)c5-c5cnccn5)c(-c5cnccn5)c4-c4cnccn4)c(-c4cnccn4)c3-c3cnccn3)c(-c3cnccn3)c2-c2cnccn2)cn1. The molecule has 0 aliphatic heterocycles. The molecule has 18 aromatic rings.